The van der Waals surface area contributed by atoms with Crippen molar-refractivity contribution in [1.82, 2.24) is 10.6 Å². The standard InChI is InChI=1S/C25H30N2O6/c1-3-4-13-21(24(29)30)26-23(28)22(15-32-2)27-25(31)33-14-20-18-11-7-5-9-16(18)17-10-6-8-12-19(17)20/h5-12,20-22H,3-4,13-15H2,1-2H3,(H,26,28)(H,27,31)(H,29,30)/t21-,22-/m0/s1. The molecule has 2 atom stereocenters. The molecule has 2 aromatic rings. The minimum Gasteiger partial charge on any atom is -0.480 e. The SMILES string of the molecule is CCCC[C@H](NC(=O)[C@H](COC)NC(=O)OCC1c2ccccc2-c2ccccc21)C(=O)O. The van der Waals surface area contributed by atoms with Crippen molar-refractivity contribution >= 4 is 18.0 Å². The number of carbonyl (C=O) groups excluding carboxylic acids is 2. The van der Waals surface area contributed by atoms with Crippen molar-refractivity contribution in [2.75, 3.05) is 20.3 Å². The van der Waals surface area contributed by atoms with Crippen LogP contribution in [0.3, 0.4) is 0 Å². The van der Waals surface area contributed by atoms with E-state index in [4.69, 9.17) is 9.47 Å². The number of aliphatic carboxylic acids is 1. The molecule has 2 amide bonds. The van der Waals surface area contributed by atoms with Crippen LogP contribution in [-0.4, -0.2) is 55.5 Å². The number of ether oxygens (including phenoxy) is 2. The van der Waals surface area contributed by atoms with Gasteiger partial charge >= 0.3 is 12.1 Å². The maximum atomic E-state index is 12.6. The van der Waals surface area contributed by atoms with E-state index in [0.717, 1.165) is 28.7 Å². The highest BCUT2D eigenvalue weighted by molar-refractivity contribution is 5.89. The predicted octanol–water partition coefficient (Wildman–Crippen LogP) is 3.30. The average Bonchev–Trinajstić information content (AvgIpc) is 3.13. The van der Waals surface area contributed by atoms with Gasteiger partial charge in [0.1, 0.15) is 18.7 Å². The summed E-state index contributed by atoms with van der Waals surface area (Å²) >= 11 is 0. The molecule has 0 heterocycles. The number of carboxylic acids is 1. The lowest BCUT2D eigenvalue weighted by atomic mass is 9.98. The van der Waals surface area contributed by atoms with Gasteiger partial charge in [0.05, 0.1) is 6.61 Å². The topological polar surface area (TPSA) is 114 Å². The van der Waals surface area contributed by atoms with E-state index in [-0.39, 0.29) is 19.1 Å². The van der Waals surface area contributed by atoms with Gasteiger partial charge in [-0.2, -0.15) is 0 Å². The Morgan fingerprint density at radius 2 is 1.58 bits per heavy atom. The molecule has 33 heavy (non-hydrogen) atoms. The molecule has 0 aromatic heterocycles. The van der Waals surface area contributed by atoms with Gasteiger partial charge in [0.25, 0.3) is 0 Å². The van der Waals surface area contributed by atoms with E-state index in [1.54, 1.807) is 0 Å². The van der Waals surface area contributed by atoms with Crippen LogP contribution in [0.2, 0.25) is 0 Å². The molecular weight excluding hydrogens is 424 g/mol. The second-order valence-electron chi connectivity index (χ2n) is 8.02. The number of fused-ring (bicyclic) bond motifs is 3. The van der Waals surface area contributed by atoms with Gasteiger partial charge in [0.2, 0.25) is 5.91 Å². The molecule has 0 spiro atoms. The number of alkyl carbamates (subject to hydrolysis) is 1. The second kappa shape index (κ2) is 11.5. The molecule has 3 N–H and O–H groups in total. The van der Waals surface area contributed by atoms with Crippen LogP contribution in [0.15, 0.2) is 48.5 Å². The maximum Gasteiger partial charge on any atom is 0.407 e. The van der Waals surface area contributed by atoms with Crippen LogP contribution in [0.4, 0.5) is 4.79 Å². The van der Waals surface area contributed by atoms with E-state index >= 15 is 0 Å². The Bertz CT molecular complexity index is 947. The molecule has 176 valence electrons. The third-order valence-corrected chi connectivity index (χ3v) is 5.75. The Balaban J connectivity index is 1.62. The van der Waals surface area contributed by atoms with Crippen molar-refractivity contribution in [2.45, 2.75) is 44.2 Å². The lowest BCUT2D eigenvalue weighted by Gasteiger charge is -2.21. The van der Waals surface area contributed by atoms with Crippen molar-refractivity contribution in [3.8, 4) is 11.1 Å². The third kappa shape index (κ3) is 5.90. The van der Waals surface area contributed by atoms with E-state index in [1.165, 1.54) is 7.11 Å². The van der Waals surface area contributed by atoms with Gasteiger partial charge in [-0.15, -0.1) is 0 Å². The summed E-state index contributed by atoms with van der Waals surface area (Å²) in [6.07, 6.45) is 1.00. The van der Waals surface area contributed by atoms with E-state index in [0.29, 0.717) is 12.8 Å². The molecule has 1 aliphatic carbocycles. The first kappa shape index (κ1) is 24.3. The second-order valence-corrected chi connectivity index (χ2v) is 8.02. The molecular formula is C25H30N2O6. The minimum absolute atomic E-state index is 0.107. The number of unbranched alkanes of at least 4 members (excludes halogenated alkanes) is 1. The monoisotopic (exact) mass is 454 g/mol. The summed E-state index contributed by atoms with van der Waals surface area (Å²) in [5.41, 5.74) is 4.40. The molecule has 0 fully saturated rings. The smallest absolute Gasteiger partial charge is 0.407 e. The molecule has 0 radical (unpaired) electrons. The summed E-state index contributed by atoms with van der Waals surface area (Å²) in [5.74, 6) is -1.86. The quantitative estimate of drug-likeness (QED) is 0.480. The summed E-state index contributed by atoms with van der Waals surface area (Å²) < 4.78 is 10.5. The van der Waals surface area contributed by atoms with Crippen LogP contribution in [0.25, 0.3) is 11.1 Å². The number of amides is 2. The highest BCUT2D eigenvalue weighted by Crippen LogP contribution is 2.44. The summed E-state index contributed by atoms with van der Waals surface area (Å²) in [6.45, 7) is 1.93. The molecule has 0 saturated carbocycles. The first-order valence-corrected chi connectivity index (χ1v) is 11.1. The molecule has 8 heteroatoms. The zero-order chi connectivity index (χ0) is 23.8. The van der Waals surface area contributed by atoms with E-state index in [1.807, 2.05) is 55.5 Å². The van der Waals surface area contributed by atoms with Gasteiger partial charge in [-0.3, -0.25) is 4.79 Å². The molecule has 0 saturated heterocycles. The fourth-order valence-corrected chi connectivity index (χ4v) is 4.07. The predicted molar refractivity (Wildman–Crippen MR) is 123 cm³/mol. The van der Waals surface area contributed by atoms with Gasteiger partial charge in [-0.05, 0) is 28.7 Å². The Morgan fingerprint density at radius 1 is 0.970 bits per heavy atom. The summed E-state index contributed by atoms with van der Waals surface area (Å²) in [7, 11) is 1.39. The van der Waals surface area contributed by atoms with E-state index < -0.39 is 30.1 Å². The molecule has 0 bridgehead atoms. The normalized spacial score (nSPS) is 14.0. The number of nitrogens with one attached hydrogen (secondary N) is 2. The Hall–Kier alpha value is -3.39. The van der Waals surface area contributed by atoms with Crippen LogP contribution in [-0.2, 0) is 19.1 Å². The zero-order valence-corrected chi connectivity index (χ0v) is 18.9. The number of methoxy groups -OCH3 is 1. The summed E-state index contributed by atoms with van der Waals surface area (Å²) in [5, 5.41) is 14.3. The van der Waals surface area contributed by atoms with Crippen molar-refractivity contribution in [1.29, 1.82) is 0 Å². The van der Waals surface area contributed by atoms with Gasteiger partial charge in [-0.25, -0.2) is 9.59 Å². The Labute approximate surface area is 193 Å². The number of hydrogen-bond donors (Lipinski definition) is 3. The molecule has 0 unspecified atom stereocenters. The van der Waals surface area contributed by atoms with Gasteiger partial charge < -0.3 is 25.2 Å². The van der Waals surface area contributed by atoms with E-state index in [9.17, 15) is 19.5 Å². The van der Waals surface area contributed by atoms with Crippen molar-refractivity contribution in [2.24, 2.45) is 0 Å². The lowest BCUT2D eigenvalue weighted by molar-refractivity contribution is -0.142. The lowest BCUT2D eigenvalue weighted by Crippen LogP contribution is -2.53. The zero-order valence-electron chi connectivity index (χ0n) is 18.9. The fourth-order valence-electron chi connectivity index (χ4n) is 4.07. The first-order chi connectivity index (χ1) is 16.0. The van der Waals surface area contributed by atoms with Crippen LogP contribution >= 0.6 is 0 Å². The number of carbonyl (C=O) groups is 3. The van der Waals surface area contributed by atoms with Crippen molar-refractivity contribution in [3.63, 3.8) is 0 Å². The highest BCUT2D eigenvalue weighted by Gasteiger charge is 2.30. The maximum absolute atomic E-state index is 12.6. The minimum atomic E-state index is -1.12. The third-order valence-electron chi connectivity index (χ3n) is 5.75. The largest absolute Gasteiger partial charge is 0.480 e. The van der Waals surface area contributed by atoms with Crippen LogP contribution < -0.4 is 10.6 Å². The molecule has 3 rings (SSSR count). The van der Waals surface area contributed by atoms with Crippen LogP contribution in [0, 0.1) is 0 Å². The van der Waals surface area contributed by atoms with Gasteiger partial charge in [-0.1, -0.05) is 68.3 Å². The number of hydrogen-bond acceptors (Lipinski definition) is 5. The van der Waals surface area contributed by atoms with Crippen molar-refractivity contribution in [3.05, 3.63) is 59.7 Å². The summed E-state index contributed by atoms with van der Waals surface area (Å²) in [6, 6.07) is 13.9. The van der Waals surface area contributed by atoms with Crippen LogP contribution in [0.1, 0.15) is 43.2 Å². The Kier molecular flexibility index (Phi) is 8.43. The Morgan fingerprint density at radius 3 is 2.12 bits per heavy atom. The fraction of sp³-hybridized carbons (Fsp3) is 0.400. The van der Waals surface area contributed by atoms with Gasteiger partial charge in [0.15, 0.2) is 0 Å². The van der Waals surface area contributed by atoms with E-state index in [2.05, 4.69) is 10.6 Å². The number of rotatable bonds is 11. The average molecular weight is 455 g/mol. The van der Waals surface area contributed by atoms with Crippen LogP contribution in [0.5, 0.6) is 0 Å². The molecule has 0 aliphatic heterocycles. The number of benzene rings is 2. The first-order valence-electron chi connectivity index (χ1n) is 11.1. The number of carboxylic acid groups (broad SMARTS) is 1. The van der Waals surface area contributed by atoms with Gasteiger partial charge in [0, 0.05) is 13.0 Å². The summed E-state index contributed by atoms with van der Waals surface area (Å²) in [4.78, 5) is 36.6. The molecule has 8 nitrogen and oxygen atoms in total. The highest BCUT2D eigenvalue weighted by atomic mass is 16.5. The molecule has 2 aromatic carbocycles. The molecule has 1 aliphatic rings. The van der Waals surface area contributed by atoms with Crippen molar-refractivity contribution < 1.29 is 29.0 Å².